The van der Waals surface area contributed by atoms with Crippen molar-refractivity contribution in [2.75, 3.05) is 25.6 Å². The molecule has 10 heteroatoms. The van der Waals surface area contributed by atoms with Crippen LogP contribution in [0.2, 0.25) is 0 Å². The van der Waals surface area contributed by atoms with Crippen LogP contribution in [0.3, 0.4) is 0 Å². The van der Waals surface area contributed by atoms with Crippen LogP contribution in [0, 0.1) is 11.8 Å². The van der Waals surface area contributed by atoms with Gasteiger partial charge in [0.05, 0.1) is 18.3 Å². The SMILES string of the molecule is COCCNc1nccc(-c2nccc(C#Cc3ccc4c(cnn4C(=O)OC(C)(C)C)c3)n2)n1. The monoisotopic (exact) mass is 471 g/mol. The average Bonchev–Trinajstić information content (AvgIpc) is 3.26. The number of benzene rings is 1. The Morgan fingerprint density at radius 2 is 1.91 bits per heavy atom. The first kappa shape index (κ1) is 23.8. The number of fused-ring (bicyclic) bond motifs is 1. The van der Waals surface area contributed by atoms with Crippen molar-refractivity contribution in [1.82, 2.24) is 29.7 Å². The molecule has 1 aromatic carbocycles. The zero-order chi connectivity index (χ0) is 24.8. The molecule has 0 saturated heterocycles. The number of carbonyl (C=O) groups excluding carboxylic acids is 1. The summed E-state index contributed by atoms with van der Waals surface area (Å²) in [5, 5.41) is 8.03. The molecule has 0 spiro atoms. The van der Waals surface area contributed by atoms with Crippen molar-refractivity contribution in [1.29, 1.82) is 0 Å². The Morgan fingerprint density at radius 1 is 1.09 bits per heavy atom. The van der Waals surface area contributed by atoms with E-state index in [9.17, 15) is 4.79 Å². The second-order valence-electron chi connectivity index (χ2n) is 8.51. The number of methoxy groups -OCH3 is 1. The van der Waals surface area contributed by atoms with Crippen LogP contribution in [-0.4, -0.2) is 61.7 Å². The third-order valence-electron chi connectivity index (χ3n) is 4.60. The van der Waals surface area contributed by atoms with Gasteiger partial charge in [0, 0.05) is 37.0 Å². The first-order valence-corrected chi connectivity index (χ1v) is 10.9. The minimum absolute atomic E-state index is 0.447. The highest BCUT2D eigenvalue weighted by Crippen LogP contribution is 2.18. The van der Waals surface area contributed by atoms with Crippen LogP contribution in [0.25, 0.3) is 22.4 Å². The number of hydrogen-bond acceptors (Lipinski definition) is 9. The summed E-state index contributed by atoms with van der Waals surface area (Å²) >= 11 is 0. The molecule has 0 saturated carbocycles. The van der Waals surface area contributed by atoms with Crippen molar-refractivity contribution in [3.8, 4) is 23.4 Å². The zero-order valence-corrected chi connectivity index (χ0v) is 19.9. The first-order valence-electron chi connectivity index (χ1n) is 10.9. The van der Waals surface area contributed by atoms with Gasteiger partial charge < -0.3 is 14.8 Å². The van der Waals surface area contributed by atoms with Gasteiger partial charge in [-0.1, -0.05) is 5.92 Å². The minimum atomic E-state index is -0.606. The van der Waals surface area contributed by atoms with E-state index < -0.39 is 11.7 Å². The Morgan fingerprint density at radius 3 is 2.71 bits per heavy atom. The van der Waals surface area contributed by atoms with Gasteiger partial charge in [0.2, 0.25) is 5.95 Å². The normalized spacial score (nSPS) is 11.1. The zero-order valence-electron chi connectivity index (χ0n) is 19.9. The van der Waals surface area contributed by atoms with Crippen molar-refractivity contribution in [3.63, 3.8) is 0 Å². The predicted octanol–water partition coefficient (Wildman–Crippen LogP) is 3.52. The summed E-state index contributed by atoms with van der Waals surface area (Å²) in [5.74, 6) is 7.08. The molecule has 0 unspecified atom stereocenters. The molecule has 0 aliphatic heterocycles. The summed E-state index contributed by atoms with van der Waals surface area (Å²) in [6.07, 6.45) is 4.37. The molecule has 0 fully saturated rings. The lowest BCUT2D eigenvalue weighted by Gasteiger charge is -2.19. The number of aromatic nitrogens is 6. The van der Waals surface area contributed by atoms with E-state index in [1.807, 2.05) is 32.9 Å². The summed E-state index contributed by atoms with van der Waals surface area (Å²) in [4.78, 5) is 29.9. The Hall–Kier alpha value is -4.36. The Bertz CT molecular complexity index is 1410. The maximum Gasteiger partial charge on any atom is 0.435 e. The van der Waals surface area contributed by atoms with Gasteiger partial charge in [-0.3, -0.25) is 0 Å². The van der Waals surface area contributed by atoms with Crippen LogP contribution in [0.5, 0.6) is 0 Å². The van der Waals surface area contributed by atoms with Gasteiger partial charge in [-0.25, -0.2) is 24.7 Å². The number of hydrogen-bond donors (Lipinski definition) is 1. The molecule has 35 heavy (non-hydrogen) atoms. The van der Waals surface area contributed by atoms with Gasteiger partial charge in [-0.2, -0.15) is 9.78 Å². The Labute approximate surface area is 202 Å². The van der Waals surface area contributed by atoms with E-state index in [2.05, 4.69) is 42.2 Å². The van der Waals surface area contributed by atoms with Crippen molar-refractivity contribution in [2.24, 2.45) is 0 Å². The molecule has 3 aromatic heterocycles. The summed E-state index contributed by atoms with van der Waals surface area (Å²) in [7, 11) is 1.63. The van der Waals surface area contributed by atoms with Crippen LogP contribution < -0.4 is 5.32 Å². The topological polar surface area (TPSA) is 117 Å². The standard InChI is InChI=1S/C25H25N7O3/c1-25(2,3)35-24(33)32-21-8-6-17(15-18(21)16-29-32)5-7-19-9-11-26-22(30-19)20-10-12-27-23(31-20)28-13-14-34-4/h6,8-12,15-16H,13-14H2,1-4H3,(H,27,28,31). The third-order valence-corrected chi connectivity index (χ3v) is 4.60. The number of anilines is 1. The quantitative estimate of drug-likeness (QED) is 0.344. The van der Waals surface area contributed by atoms with Gasteiger partial charge in [0.15, 0.2) is 5.82 Å². The van der Waals surface area contributed by atoms with E-state index in [4.69, 9.17) is 9.47 Å². The van der Waals surface area contributed by atoms with Gasteiger partial charge in [-0.05, 0) is 57.0 Å². The molecule has 0 amide bonds. The molecule has 0 radical (unpaired) electrons. The molecule has 4 aromatic rings. The molecule has 0 bridgehead atoms. The highest BCUT2D eigenvalue weighted by Gasteiger charge is 2.20. The van der Waals surface area contributed by atoms with Gasteiger partial charge in [0.25, 0.3) is 0 Å². The van der Waals surface area contributed by atoms with Crippen molar-refractivity contribution in [3.05, 3.63) is 60.2 Å². The van der Waals surface area contributed by atoms with E-state index in [0.717, 1.165) is 10.9 Å². The van der Waals surface area contributed by atoms with Gasteiger partial charge in [0.1, 0.15) is 17.0 Å². The molecule has 4 rings (SSSR count). The fraction of sp³-hybridized carbons (Fsp3) is 0.280. The first-order chi connectivity index (χ1) is 16.8. The number of nitrogens with zero attached hydrogens (tertiary/aromatic N) is 6. The maximum absolute atomic E-state index is 12.4. The fourth-order valence-electron chi connectivity index (χ4n) is 3.08. The largest absolute Gasteiger partial charge is 0.442 e. The second-order valence-corrected chi connectivity index (χ2v) is 8.51. The Balaban J connectivity index is 1.53. The molecule has 0 aliphatic rings. The molecule has 1 N–H and O–H groups in total. The van der Waals surface area contributed by atoms with E-state index in [-0.39, 0.29) is 0 Å². The summed E-state index contributed by atoms with van der Waals surface area (Å²) in [5.41, 5.74) is 1.93. The van der Waals surface area contributed by atoms with Crippen LogP contribution in [0.15, 0.2) is 48.9 Å². The molecule has 0 atom stereocenters. The molecule has 178 valence electrons. The summed E-state index contributed by atoms with van der Waals surface area (Å²) in [6, 6.07) is 8.95. The minimum Gasteiger partial charge on any atom is -0.442 e. The van der Waals surface area contributed by atoms with Crippen LogP contribution in [0.1, 0.15) is 32.0 Å². The van der Waals surface area contributed by atoms with Gasteiger partial charge in [-0.15, -0.1) is 0 Å². The number of nitrogens with one attached hydrogen (secondary N) is 1. The molecule has 3 heterocycles. The number of carbonyl (C=O) groups is 1. The van der Waals surface area contributed by atoms with Crippen LogP contribution in [0.4, 0.5) is 10.7 Å². The predicted molar refractivity (Wildman–Crippen MR) is 131 cm³/mol. The Kier molecular flexibility index (Phi) is 6.98. The van der Waals surface area contributed by atoms with E-state index in [0.29, 0.717) is 41.8 Å². The number of ether oxygens (including phenoxy) is 2. The maximum atomic E-state index is 12.4. The fourth-order valence-corrected chi connectivity index (χ4v) is 3.08. The van der Waals surface area contributed by atoms with Crippen LogP contribution in [-0.2, 0) is 9.47 Å². The molecular weight excluding hydrogens is 446 g/mol. The van der Waals surface area contributed by atoms with Crippen molar-refractivity contribution in [2.45, 2.75) is 26.4 Å². The lowest BCUT2D eigenvalue weighted by Crippen LogP contribution is -2.27. The highest BCUT2D eigenvalue weighted by atomic mass is 16.6. The van der Waals surface area contributed by atoms with Crippen molar-refractivity contribution < 1.29 is 14.3 Å². The van der Waals surface area contributed by atoms with Gasteiger partial charge >= 0.3 is 6.09 Å². The van der Waals surface area contributed by atoms with E-state index in [1.54, 1.807) is 43.9 Å². The van der Waals surface area contributed by atoms with E-state index >= 15 is 0 Å². The number of rotatable bonds is 5. The smallest absolute Gasteiger partial charge is 0.435 e. The summed E-state index contributed by atoms with van der Waals surface area (Å²) < 4.78 is 11.7. The lowest BCUT2D eigenvalue weighted by molar-refractivity contribution is 0.0522. The third kappa shape index (κ3) is 6.16. The molecule has 0 aliphatic carbocycles. The van der Waals surface area contributed by atoms with Crippen molar-refractivity contribution >= 4 is 22.9 Å². The lowest BCUT2D eigenvalue weighted by atomic mass is 10.1. The average molecular weight is 472 g/mol. The highest BCUT2D eigenvalue weighted by molar-refractivity contribution is 5.88. The second kappa shape index (κ2) is 10.3. The molecule has 10 nitrogen and oxygen atoms in total. The van der Waals surface area contributed by atoms with Crippen LogP contribution >= 0.6 is 0 Å². The summed E-state index contributed by atoms with van der Waals surface area (Å²) in [6.45, 7) is 6.57. The van der Waals surface area contributed by atoms with E-state index in [1.165, 1.54) is 4.68 Å². The molecular formula is C25H25N7O3.